The van der Waals surface area contributed by atoms with Gasteiger partial charge in [0.2, 0.25) is 5.91 Å². The van der Waals surface area contributed by atoms with Crippen molar-refractivity contribution in [2.24, 2.45) is 5.41 Å². The van der Waals surface area contributed by atoms with Gasteiger partial charge in [-0.1, -0.05) is 63.2 Å². The number of hydrogen-bond acceptors (Lipinski definition) is 3. The molecule has 3 aromatic rings. The Bertz CT molecular complexity index is 1090. The average molecular weight is 403 g/mol. The normalized spacial score (nSPS) is 18.2. The molecule has 156 valence electrons. The van der Waals surface area contributed by atoms with Crippen LogP contribution in [0.2, 0.25) is 0 Å². The van der Waals surface area contributed by atoms with E-state index in [1.165, 1.54) is 0 Å². The first-order valence-electron chi connectivity index (χ1n) is 10.5. The van der Waals surface area contributed by atoms with Crippen LogP contribution in [0.15, 0.2) is 54.7 Å². The number of rotatable bonds is 2. The number of benzene rings is 2. The Morgan fingerprint density at radius 1 is 0.900 bits per heavy atom. The maximum Gasteiger partial charge on any atom is 0.497 e. The van der Waals surface area contributed by atoms with E-state index in [1.54, 1.807) is 4.57 Å². The van der Waals surface area contributed by atoms with E-state index >= 15 is 0 Å². The maximum atomic E-state index is 13.3. The molecular weight excluding hydrogens is 373 g/mol. The number of carbonyl (C=O) groups is 1. The lowest BCUT2D eigenvalue weighted by Crippen LogP contribution is -2.41. The molecule has 0 unspecified atom stereocenters. The molecule has 4 nitrogen and oxygen atoms in total. The maximum absolute atomic E-state index is 13.3. The molecule has 0 N–H and O–H groups in total. The van der Waals surface area contributed by atoms with Gasteiger partial charge in [-0.3, -0.25) is 9.36 Å². The highest BCUT2D eigenvalue weighted by Crippen LogP contribution is 2.38. The van der Waals surface area contributed by atoms with Crippen molar-refractivity contribution in [3.05, 3.63) is 54.7 Å². The summed E-state index contributed by atoms with van der Waals surface area (Å²) in [6.45, 7) is 14.0. The highest BCUT2D eigenvalue weighted by atomic mass is 16.7. The molecule has 4 rings (SSSR count). The van der Waals surface area contributed by atoms with Crippen molar-refractivity contribution in [2.45, 2.75) is 59.7 Å². The SMILES string of the molecule is CC(C)(C)C(=O)n1ccc2c(-c3ccccc3)ccc(B3OC(C)(C)C(C)(C)O3)c21. The number of nitrogens with zero attached hydrogens (tertiary/aromatic N) is 1. The molecule has 1 aliphatic heterocycles. The van der Waals surface area contributed by atoms with Crippen LogP contribution in [0.3, 0.4) is 0 Å². The van der Waals surface area contributed by atoms with Crippen LogP contribution in [0, 0.1) is 5.41 Å². The summed E-state index contributed by atoms with van der Waals surface area (Å²) in [5.41, 5.74) is 2.53. The van der Waals surface area contributed by atoms with Crippen molar-refractivity contribution < 1.29 is 14.1 Å². The zero-order valence-electron chi connectivity index (χ0n) is 18.9. The molecule has 2 heterocycles. The molecule has 0 bridgehead atoms. The topological polar surface area (TPSA) is 40.5 Å². The summed E-state index contributed by atoms with van der Waals surface area (Å²) in [6, 6.07) is 16.4. The number of fused-ring (bicyclic) bond motifs is 1. The van der Waals surface area contributed by atoms with Crippen molar-refractivity contribution >= 4 is 29.4 Å². The predicted octanol–water partition coefficient (Wildman–Crippen LogP) is 5.29. The summed E-state index contributed by atoms with van der Waals surface area (Å²) >= 11 is 0. The van der Waals surface area contributed by atoms with Gasteiger partial charge in [-0.05, 0) is 44.9 Å². The second kappa shape index (κ2) is 6.83. The van der Waals surface area contributed by atoms with Gasteiger partial charge in [0.15, 0.2) is 0 Å². The van der Waals surface area contributed by atoms with Crippen LogP contribution in [0.5, 0.6) is 0 Å². The van der Waals surface area contributed by atoms with E-state index in [0.29, 0.717) is 0 Å². The van der Waals surface area contributed by atoms with Gasteiger partial charge < -0.3 is 9.31 Å². The molecule has 30 heavy (non-hydrogen) atoms. The molecule has 1 saturated heterocycles. The minimum absolute atomic E-state index is 0.0421. The van der Waals surface area contributed by atoms with Gasteiger partial charge in [0.25, 0.3) is 0 Å². The zero-order valence-corrected chi connectivity index (χ0v) is 18.9. The molecule has 0 aliphatic carbocycles. The lowest BCUT2D eigenvalue weighted by molar-refractivity contribution is 0.00578. The smallest absolute Gasteiger partial charge is 0.399 e. The van der Waals surface area contributed by atoms with E-state index < -0.39 is 23.7 Å². The number of aromatic nitrogens is 1. The molecule has 0 radical (unpaired) electrons. The van der Waals surface area contributed by atoms with E-state index in [2.05, 4.69) is 18.2 Å². The predicted molar refractivity (Wildman–Crippen MR) is 123 cm³/mol. The monoisotopic (exact) mass is 403 g/mol. The molecule has 1 fully saturated rings. The van der Waals surface area contributed by atoms with E-state index in [9.17, 15) is 4.79 Å². The molecule has 0 atom stereocenters. The molecule has 1 aliphatic rings. The first-order valence-corrected chi connectivity index (χ1v) is 10.5. The van der Waals surface area contributed by atoms with Crippen molar-refractivity contribution in [1.29, 1.82) is 0 Å². The molecule has 0 amide bonds. The average Bonchev–Trinajstić information content (AvgIpc) is 3.19. The quantitative estimate of drug-likeness (QED) is 0.546. The molecule has 0 saturated carbocycles. The van der Waals surface area contributed by atoms with Crippen LogP contribution in [0.4, 0.5) is 0 Å². The number of hydrogen-bond donors (Lipinski definition) is 0. The Kier molecular flexibility index (Phi) is 4.75. The van der Waals surface area contributed by atoms with E-state index in [4.69, 9.17) is 9.31 Å². The summed E-state index contributed by atoms with van der Waals surface area (Å²) < 4.78 is 14.5. The van der Waals surface area contributed by atoms with Gasteiger partial charge in [0.1, 0.15) is 0 Å². The van der Waals surface area contributed by atoms with Gasteiger partial charge >= 0.3 is 7.12 Å². The van der Waals surface area contributed by atoms with Crippen LogP contribution in [-0.4, -0.2) is 28.8 Å². The van der Waals surface area contributed by atoms with Crippen LogP contribution < -0.4 is 5.46 Å². The summed E-state index contributed by atoms with van der Waals surface area (Å²) in [6.07, 6.45) is 1.87. The second-order valence-electron chi connectivity index (χ2n) is 10.2. The molecule has 1 aromatic heterocycles. The highest BCUT2D eigenvalue weighted by Gasteiger charge is 2.52. The van der Waals surface area contributed by atoms with Crippen molar-refractivity contribution in [3.63, 3.8) is 0 Å². The van der Waals surface area contributed by atoms with Gasteiger partial charge in [-0.2, -0.15) is 0 Å². The Hall–Kier alpha value is -2.37. The first-order chi connectivity index (χ1) is 13.9. The molecular formula is C25H30BNO3. The van der Waals surface area contributed by atoms with Crippen LogP contribution in [0.25, 0.3) is 22.0 Å². The Morgan fingerprint density at radius 3 is 2.07 bits per heavy atom. The zero-order chi connectivity index (χ0) is 21.9. The summed E-state index contributed by atoms with van der Waals surface area (Å²) in [7, 11) is -0.538. The van der Waals surface area contributed by atoms with Gasteiger partial charge in [0.05, 0.1) is 16.7 Å². The fraction of sp³-hybridized carbons (Fsp3) is 0.400. The van der Waals surface area contributed by atoms with Gasteiger partial charge in [0, 0.05) is 22.5 Å². The minimum Gasteiger partial charge on any atom is -0.399 e. The summed E-state index contributed by atoms with van der Waals surface area (Å²) in [4.78, 5) is 13.3. The van der Waals surface area contributed by atoms with Crippen molar-refractivity contribution in [3.8, 4) is 11.1 Å². The molecule has 0 spiro atoms. The fourth-order valence-electron chi connectivity index (χ4n) is 3.85. The van der Waals surface area contributed by atoms with Gasteiger partial charge in [-0.15, -0.1) is 0 Å². The lowest BCUT2D eigenvalue weighted by Gasteiger charge is -2.32. The standard InChI is InChI=1S/C25H30BNO3/c1-23(2,3)22(28)27-16-15-19-18(17-11-9-8-10-12-17)13-14-20(21(19)27)26-29-24(4,5)25(6,7)30-26/h8-16H,1-7H3. The van der Waals surface area contributed by atoms with E-state index in [1.807, 2.05) is 85.0 Å². The lowest BCUT2D eigenvalue weighted by atomic mass is 9.76. The third-order valence-electron chi connectivity index (χ3n) is 6.33. The minimum atomic E-state index is -0.538. The van der Waals surface area contributed by atoms with Crippen molar-refractivity contribution in [1.82, 2.24) is 4.57 Å². The summed E-state index contributed by atoms with van der Waals surface area (Å²) in [5.74, 6) is 0.0421. The van der Waals surface area contributed by atoms with Gasteiger partial charge in [-0.25, -0.2) is 0 Å². The van der Waals surface area contributed by atoms with E-state index in [0.717, 1.165) is 27.5 Å². The molecule has 2 aromatic carbocycles. The highest BCUT2D eigenvalue weighted by molar-refractivity contribution is 6.65. The summed E-state index contributed by atoms with van der Waals surface area (Å²) in [5, 5.41) is 1.02. The van der Waals surface area contributed by atoms with Crippen LogP contribution in [0.1, 0.15) is 53.3 Å². The van der Waals surface area contributed by atoms with Crippen molar-refractivity contribution in [2.75, 3.05) is 0 Å². The third-order valence-corrected chi connectivity index (χ3v) is 6.33. The molecule has 5 heteroatoms. The number of carbonyl (C=O) groups excluding carboxylic acids is 1. The van der Waals surface area contributed by atoms with Crippen LogP contribution >= 0.6 is 0 Å². The van der Waals surface area contributed by atoms with Crippen LogP contribution in [-0.2, 0) is 9.31 Å². The third kappa shape index (κ3) is 3.30. The first kappa shape index (κ1) is 20.9. The Balaban J connectivity index is 1.95. The largest absolute Gasteiger partial charge is 0.497 e. The fourth-order valence-corrected chi connectivity index (χ4v) is 3.85. The second-order valence-corrected chi connectivity index (χ2v) is 10.2. The van der Waals surface area contributed by atoms with E-state index in [-0.39, 0.29) is 5.91 Å². The Labute approximate surface area is 179 Å². The Morgan fingerprint density at radius 2 is 1.50 bits per heavy atom.